The van der Waals surface area contributed by atoms with Gasteiger partial charge in [-0.1, -0.05) is 31.0 Å². The molecular formula is C26H39F3N6. The summed E-state index contributed by atoms with van der Waals surface area (Å²) in [6, 6.07) is 6.03. The van der Waals surface area contributed by atoms with Gasteiger partial charge in [0.1, 0.15) is 11.7 Å². The van der Waals surface area contributed by atoms with E-state index in [0.29, 0.717) is 24.1 Å². The van der Waals surface area contributed by atoms with E-state index in [4.69, 9.17) is 9.98 Å². The zero-order valence-corrected chi connectivity index (χ0v) is 21.0. The maximum atomic E-state index is 13.0. The number of fused-ring (bicyclic) bond motifs is 1. The van der Waals surface area contributed by atoms with E-state index in [1.807, 2.05) is 0 Å². The molecule has 1 aromatic rings. The highest BCUT2D eigenvalue weighted by atomic mass is 19.4. The third-order valence-corrected chi connectivity index (χ3v) is 7.22. The summed E-state index contributed by atoms with van der Waals surface area (Å²) >= 11 is 0. The molecule has 35 heavy (non-hydrogen) atoms. The fourth-order valence-electron chi connectivity index (χ4n) is 5.30. The second-order valence-electron chi connectivity index (χ2n) is 10.3. The smallest absolute Gasteiger partial charge is 0.331 e. The summed E-state index contributed by atoms with van der Waals surface area (Å²) in [5.74, 6) is 2.57. The number of hydrogen-bond acceptors (Lipinski definition) is 5. The molecule has 3 aliphatic rings. The first-order valence-electron chi connectivity index (χ1n) is 12.9. The molecule has 0 bridgehead atoms. The van der Waals surface area contributed by atoms with Crippen molar-refractivity contribution in [1.29, 1.82) is 0 Å². The molecule has 0 aromatic heterocycles. The van der Waals surface area contributed by atoms with E-state index < -0.39 is 11.7 Å². The van der Waals surface area contributed by atoms with E-state index >= 15 is 0 Å². The van der Waals surface area contributed by atoms with Crippen molar-refractivity contribution in [3.8, 4) is 0 Å². The van der Waals surface area contributed by atoms with Crippen LogP contribution in [0.5, 0.6) is 0 Å². The Morgan fingerprint density at radius 1 is 1.06 bits per heavy atom. The van der Waals surface area contributed by atoms with Gasteiger partial charge in [-0.05, 0) is 51.5 Å². The first-order chi connectivity index (χ1) is 16.8. The van der Waals surface area contributed by atoms with Crippen LogP contribution in [0, 0.1) is 5.92 Å². The molecule has 6 nitrogen and oxygen atoms in total. The van der Waals surface area contributed by atoms with Gasteiger partial charge in [-0.15, -0.1) is 0 Å². The fraction of sp³-hybridized carbons (Fsp3) is 0.692. The minimum atomic E-state index is -4.30. The standard InChI is InChI=1S/C26H39F3N6/c1-33(2)12-6-11-30-25-22-9-3-4-10-23(22)31-24(32-25)19-35-15-13-34(14-16-35)18-20-7-5-8-21(17-20)26(27,28)29/h5,7-8,17,22-23H,3-4,6,9-16,18-19H2,1-2H3,(H,30,31,32). The quantitative estimate of drug-likeness (QED) is 0.562. The second kappa shape index (κ2) is 11.8. The number of alkyl halides is 3. The third-order valence-electron chi connectivity index (χ3n) is 7.22. The molecule has 2 heterocycles. The lowest BCUT2D eigenvalue weighted by Crippen LogP contribution is -2.53. The number of amidine groups is 2. The maximum Gasteiger partial charge on any atom is 0.416 e. The van der Waals surface area contributed by atoms with Gasteiger partial charge >= 0.3 is 6.18 Å². The van der Waals surface area contributed by atoms with Crippen molar-refractivity contribution in [3.05, 3.63) is 35.4 Å². The van der Waals surface area contributed by atoms with Gasteiger partial charge in [0.15, 0.2) is 0 Å². The van der Waals surface area contributed by atoms with E-state index in [2.05, 4.69) is 34.1 Å². The van der Waals surface area contributed by atoms with Crippen molar-refractivity contribution in [2.45, 2.75) is 50.9 Å². The molecule has 1 aromatic carbocycles. The van der Waals surface area contributed by atoms with Crippen LogP contribution >= 0.6 is 0 Å². The lowest BCUT2D eigenvalue weighted by molar-refractivity contribution is -0.137. The number of nitrogens with one attached hydrogen (secondary N) is 1. The molecule has 1 aliphatic carbocycles. The highest BCUT2D eigenvalue weighted by Gasteiger charge is 2.34. The Hall–Kier alpha value is -1.97. The van der Waals surface area contributed by atoms with Crippen molar-refractivity contribution in [3.63, 3.8) is 0 Å². The van der Waals surface area contributed by atoms with Crippen molar-refractivity contribution in [2.75, 3.05) is 59.9 Å². The van der Waals surface area contributed by atoms with Crippen LogP contribution in [-0.2, 0) is 12.7 Å². The van der Waals surface area contributed by atoms with Crippen molar-refractivity contribution < 1.29 is 13.2 Å². The van der Waals surface area contributed by atoms with Gasteiger partial charge < -0.3 is 10.2 Å². The Morgan fingerprint density at radius 3 is 2.49 bits per heavy atom. The zero-order chi connectivity index (χ0) is 24.8. The van der Waals surface area contributed by atoms with Gasteiger partial charge in [0.05, 0.1) is 18.2 Å². The second-order valence-corrected chi connectivity index (χ2v) is 10.3. The highest BCUT2D eigenvalue weighted by Crippen LogP contribution is 2.31. The van der Waals surface area contributed by atoms with E-state index in [9.17, 15) is 13.2 Å². The molecule has 194 valence electrons. The van der Waals surface area contributed by atoms with Crippen LogP contribution in [0.15, 0.2) is 34.3 Å². The van der Waals surface area contributed by atoms with Crippen LogP contribution in [0.25, 0.3) is 0 Å². The van der Waals surface area contributed by atoms with E-state index in [1.54, 1.807) is 6.07 Å². The first kappa shape index (κ1) is 26.1. The van der Waals surface area contributed by atoms with Crippen molar-refractivity contribution >= 4 is 11.7 Å². The molecule has 2 unspecified atom stereocenters. The predicted octanol–water partition coefficient (Wildman–Crippen LogP) is 3.73. The molecule has 2 atom stereocenters. The molecule has 0 radical (unpaired) electrons. The van der Waals surface area contributed by atoms with Crippen molar-refractivity contribution in [1.82, 2.24) is 20.0 Å². The average Bonchev–Trinajstić information content (AvgIpc) is 2.82. The third kappa shape index (κ3) is 7.51. The molecule has 0 spiro atoms. The van der Waals surface area contributed by atoms with Gasteiger partial charge in [0, 0.05) is 45.2 Å². The topological polar surface area (TPSA) is 46.5 Å². The summed E-state index contributed by atoms with van der Waals surface area (Å²) in [6.45, 7) is 6.62. The maximum absolute atomic E-state index is 13.0. The lowest BCUT2D eigenvalue weighted by Gasteiger charge is -2.38. The Labute approximate surface area is 207 Å². The molecule has 2 fully saturated rings. The molecule has 1 saturated carbocycles. The molecule has 2 aliphatic heterocycles. The number of halogens is 3. The number of nitrogens with zero attached hydrogens (tertiary/aromatic N) is 5. The predicted molar refractivity (Wildman–Crippen MR) is 135 cm³/mol. The summed E-state index contributed by atoms with van der Waals surface area (Å²) in [5.41, 5.74) is 0.139. The van der Waals surface area contributed by atoms with Crippen LogP contribution in [0.1, 0.15) is 43.2 Å². The van der Waals surface area contributed by atoms with Crippen LogP contribution in [0.4, 0.5) is 13.2 Å². The number of benzene rings is 1. The van der Waals surface area contributed by atoms with Crippen molar-refractivity contribution in [2.24, 2.45) is 15.9 Å². The SMILES string of the molecule is CN(C)CCCN=C1NC(CN2CCN(Cc3cccc(C(F)(F)F)c3)CC2)=NC2CCCCC12. The minimum absolute atomic E-state index is 0.342. The lowest BCUT2D eigenvalue weighted by atomic mass is 9.83. The summed E-state index contributed by atoms with van der Waals surface area (Å²) in [5, 5.41) is 3.58. The minimum Gasteiger partial charge on any atom is -0.331 e. The average molecular weight is 493 g/mol. The molecule has 1 N–H and O–H groups in total. The Kier molecular flexibility index (Phi) is 8.83. The first-order valence-corrected chi connectivity index (χ1v) is 12.9. The zero-order valence-electron chi connectivity index (χ0n) is 21.0. The molecule has 4 rings (SSSR count). The summed E-state index contributed by atoms with van der Waals surface area (Å²) in [7, 11) is 4.18. The normalized spacial score (nSPS) is 25.4. The highest BCUT2D eigenvalue weighted by molar-refractivity contribution is 6.04. The summed E-state index contributed by atoms with van der Waals surface area (Å²) in [6.07, 6.45) is 1.54. The Balaban J connectivity index is 1.30. The molecule has 9 heteroatoms. The number of rotatable bonds is 8. The largest absolute Gasteiger partial charge is 0.416 e. The number of piperazine rings is 1. The molecular weight excluding hydrogens is 453 g/mol. The van der Waals surface area contributed by atoms with Gasteiger partial charge in [0.25, 0.3) is 0 Å². The Bertz CT molecular complexity index is 889. The van der Waals surface area contributed by atoms with E-state index in [-0.39, 0.29) is 0 Å². The number of aliphatic imine (C=N–C) groups is 2. The number of hydrogen-bond donors (Lipinski definition) is 1. The molecule has 1 saturated heterocycles. The molecule has 0 amide bonds. The van der Waals surface area contributed by atoms with Crippen LogP contribution < -0.4 is 5.32 Å². The monoisotopic (exact) mass is 492 g/mol. The summed E-state index contributed by atoms with van der Waals surface area (Å²) < 4.78 is 39.1. The van der Waals surface area contributed by atoms with Gasteiger partial charge in [-0.25, -0.2) is 0 Å². The van der Waals surface area contributed by atoms with Crippen LogP contribution in [-0.4, -0.2) is 92.3 Å². The van der Waals surface area contributed by atoms with E-state index in [0.717, 1.165) is 82.8 Å². The van der Waals surface area contributed by atoms with Crippen LogP contribution in [0.2, 0.25) is 0 Å². The van der Waals surface area contributed by atoms with Gasteiger partial charge in [-0.3, -0.25) is 19.8 Å². The fourth-order valence-corrected chi connectivity index (χ4v) is 5.30. The summed E-state index contributed by atoms with van der Waals surface area (Å²) in [4.78, 5) is 16.9. The van der Waals surface area contributed by atoms with E-state index in [1.165, 1.54) is 25.0 Å². The van der Waals surface area contributed by atoms with Crippen LogP contribution in [0.3, 0.4) is 0 Å². The van der Waals surface area contributed by atoms with Gasteiger partial charge in [0.2, 0.25) is 0 Å². The van der Waals surface area contributed by atoms with Gasteiger partial charge in [-0.2, -0.15) is 13.2 Å². The Morgan fingerprint density at radius 2 is 1.77 bits per heavy atom.